The van der Waals surface area contributed by atoms with Crippen LogP contribution >= 0.6 is 0 Å². The highest BCUT2D eigenvalue weighted by Crippen LogP contribution is 2.35. The largest absolute Gasteiger partial charge is 0.469 e. The fraction of sp³-hybridized carbons (Fsp3) is 0.474. The molecular weight excluding hydrogens is 258 g/mol. The second kappa shape index (κ2) is 6.95. The predicted octanol–water partition coefficient (Wildman–Crippen LogP) is 4.31. The summed E-state index contributed by atoms with van der Waals surface area (Å²) in [6.45, 7) is 0. The molecule has 2 unspecified atom stereocenters. The first-order valence-corrected chi connectivity index (χ1v) is 8.14. The molecule has 0 fully saturated rings. The van der Waals surface area contributed by atoms with Gasteiger partial charge < -0.3 is 9.73 Å². The highest BCUT2D eigenvalue weighted by molar-refractivity contribution is 5.32. The van der Waals surface area contributed by atoms with E-state index in [1.54, 1.807) is 17.4 Å². The van der Waals surface area contributed by atoms with Gasteiger partial charge in [-0.1, -0.05) is 24.3 Å². The molecule has 2 aromatic rings. The van der Waals surface area contributed by atoms with E-state index in [-0.39, 0.29) is 0 Å². The van der Waals surface area contributed by atoms with Crippen LogP contribution in [0.5, 0.6) is 0 Å². The van der Waals surface area contributed by atoms with Crippen LogP contribution < -0.4 is 5.32 Å². The summed E-state index contributed by atoms with van der Waals surface area (Å²) in [5.74, 6) is 1.81. The van der Waals surface area contributed by atoms with E-state index in [4.69, 9.17) is 4.42 Å². The molecule has 0 radical (unpaired) electrons. The van der Waals surface area contributed by atoms with Crippen molar-refractivity contribution in [2.45, 2.75) is 50.5 Å². The Morgan fingerprint density at radius 2 is 2.14 bits per heavy atom. The molecule has 2 atom stereocenters. The fourth-order valence-electron chi connectivity index (χ4n) is 3.59. The van der Waals surface area contributed by atoms with Crippen LogP contribution in [0.1, 0.15) is 48.5 Å². The molecule has 1 aliphatic rings. The van der Waals surface area contributed by atoms with Crippen LogP contribution in [-0.2, 0) is 12.8 Å². The van der Waals surface area contributed by atoms with Crippen molar-refractivity contribution in [3.8, 4) is 0 Å². The average molecular weight is 283 g/mol. The number of rotatable bonds is 6. The molecular formula is C19H25NO. The minimum Gasteiger partial charge on any atom is -0.469 e. The van der Waals surface area contributed by atoms with Gasteiger partial charge in [-0.3, -0.25) is 0 Å². The number of fused-ring (bicyclic) bond motifs is 1. The number of nitrogens with one attached hydrogen (secondary N) is 1. The van der Waals surface area contributed by atoms with Crippen LogP contribution in [0.2, 0.25) is 0 Å². The minimum absolute atomic E-state index is 0.561. The van der Waals surface area contributed by atoms with Gasteiger partial charge in [0.2, 0.25) is 0 Å². The van der Waals surface area contributed by atoms with E-state index in [1.165, 1.54) is 25.7 Å². The molecule has 1 heterocycles. The van der Waals surface area contributed by atoms with Gasteiger partial charge in [0, 0.05) is 12.5 Å². The second-order valence-corrected chi connectivity index (χ2v) is 6.13. The van der Waals surface area contributed by atoms with E-state index < -0.39 is 0 Å². The summed E-state index contributed by atoms with van der Waals surface area (Å²) in [5.41, 5.74) is 3.15. The van der Waals surface area contributed by atoms with Gasteiger partial charge in [-0.15, -0.1) is 0 Å². The number of benzene rings is 1. The molecule has 2 nitrogen and oxygen atoms in total. The lowest BCUT2D eigenvalue weighted by molar-refractivity contribution is 0.398. The zero-order valence-electron chi connectivity index (χ0n) is 12.8. The molecule has 21 heavy (non-hydrogen) atoms. The Labute approximate surface area is 127 Å². The maximum absolute atomic E-state index is 5.45. The number of hydrogen-bond acceptors (Lipinski definition) is 2. The summed E-state index contributed by atoms with van der Waals surface area (Å²) < 4.78 is 5.45. The van der Waals surface area contributed by atoms with Gasteiger partial charge in [0.25, 0.3) is 0 Å². The van der Waals surface area contributed by atoms with Crippen molar-refractivity contribution >= 4 is 0 Å². The SMILES string of the molecule is CNC(CCc1ccco1)CC1CCCc2ccccc21. The first kappa shape index (κ1) is 14.4. The third kappa shape index (κ3) is 3.56. The van der Waals surface area contributed by atoms with Gasteiger partial charge in [0.15, 0.2) is 0 Å². The average Bonchev–Trinajstić information content (AvgIpc) is 3.05. The topological polar surface area (TPSA) is 25.2 Å². The lowest BCUT2D eigenvalue weighted by Gasteiger charge is -2.29. The van der Waals surface area contributed by atoms with Gasteiger partial charge in [-0.25, -0.2) is 0 Å². The van der Waals surface area contributed by atoms with Crippen LogP contribution in [0.15, 0.2) is 47.1 Å². The first-order chi connectivity index (χ1) is 10.4. The smallest absolute Gasteiger partial charge is 0.103 e. The predicted molar refractivity (Wildman–Crippen MR) is 86.6 cm³/mol. The van der Waals surface area contributed by atoms with Crippen LogP contribution in [-0.4, -0.2) is 13.1 Å². The number of furan rings is 1. The van der Waals surface area contributed by atoms with E-state index in [9.17, 15) is 0 Å². The Kier molecular flexibility index (Phi) is 4.76. The molecule has 1 N–H and O–H groups in total. The van der Waals surface area contributed by atoms with Crippen molar-refractivity contribution in [1.82, 2.24) is 5.32 Å². The zero-order chi connectivity index (χ0) is 14.5. The van der Waals surface area contributed by atoms with Crippen molar-refractivity contribution in [2.24, 2.45) is 0 Å². The molecule has 0 aliphatic heterocycles. The van der Waals surface area contributed by atoms with Crippen LogP contribution in [0.3, 0.4) is 0 Å². The van der Waals surface area contributed by atoms with Crippen LogP contribution in [0, 0.1) is 0 Å². The molecule has 0 spiro atoms. The monoisotopic (exact) mass is 283 g/mol. The van der Waals surface area contributed by atoms with Gasteiger partial charge in [-0.2, -0.15) is 0 Å². The maximum atomic E-state index is 5.45. The van der Waals surface area contributed by atoms with Crippen molar-refractivity contribution in [3.05, 3.63) is 59.5 Å². The van der Waals surface area contributed by atoms with Gasteiger partial charge >= 0.3 is 0 Å². The molecule has 3 rings (SSSR count). The molecule has 2 heteroatoms. The van der Waals surface area contributed by atoms with Crippen molar-refractivity contribution in [2.75, 3.05) is 7.05 Å². The van der Waals surface area contributed by atoms with Crippen molar-refractivity contribution < 1.29 is 4.42 Å². The van der Waals surface area contributed by atoms with Crippen molar-refractivity contribution in [3.63, 3.8) is 0 Å². The molecule has 1 aromatic carbocycles. The highest BCUT2D eigenvalue weighted by atomic mass is 16.3. The van der Waals surface area contributed by atoms with Crippen molar-refractivity contribution in [1.29, 1.82) is 0 Å². The summed E-state index contributed by atoms with van der Waals surface area (Å²) in [5, 5.41) is 3.50. The number of aryl methyl sites for hydroxylation is 2. The maximum Gasteiger partial charge on any atom is 0.103 e. The van der Waals surface area contributed by atoms with E-state index >= 15 is 0 Å². The van der Waals surface area contributed by atoms with Gasteiger partial charge in [0.1, 0.15) is 5.76 Å². The summed E-state index contributed by atoms with van der Waals surface area (Å²) in [7, 11) is 2.08. The zero-order valence-corrected chi connectivity index (χ0v) is 12.8. The molecule has 0 saturated heterocycles. The van der Waals surface area contributed by atoms with Crippen LogP contribution in [0.4, 0.5) is 0 Å². The lowest BCUT2D eigenvalue weighted by atomic mass is 9.79. The van der Waals surface area contributed by atoms with Gasteiger partial charge in [-0.05, 0) is 68.3 Å². The number of hydrogen-bond donors (Lipinski definition) is 1. The van der Waals surface area contributed by atoms with E-state index in [2.05, 4.69) is 42.7 Å². The summed E-state index contributed by atoms with van der Waals surface area (Å²) in [6, 6.07) is 13.6. The standard InChI is InChI=1S/C19H25NO/c1-20-17(11-12-18-9-5-13-21-18)14-16-8-4-7-15-6-2-3-10-19(15)16/h2-3,5-6,9-10,13,16-17,20H,4,7-8,11-12,14H2,1H3. The summed E-state index contributed by atoms with van der Waals surface area (Å²) in [4.78, 5) is 0. The fourth-order valence-corrected chi connectivity index (χ4v) is 3.59. The molecule has 1 aliphatic carbocycles. The van der Waals surface area contributed by atoms with E-state index in [1.807, 2.05) is 6.07 Å². The molecule has 0 saturated carbocycles. The van der Waals surface area contributed by atoms with E-state index in [0.717, 1.165) is 18.6 Å². The Morgan fingerprint density at radius 3 is 2.95 bits per heavy atom. The lowest BCUT2D eigenvalue weighted by Crippen LogP contribution is -2.29. The van der Waals surface area contributed by atoms with E-state index in [0.29, 0.717) is 12.0 Å². The normalized spacial score (nSPS) is 19.2. The second-order valence-electron chi connectivity index (χ2n) is 6.13. The Morgan fingerprint density at radius 1 is 1.24 bits per heavy atom. The molecule has 112 valence electrons. The van der Waals surface area contributed by atoms with Crippen LogP contribution in [0.25, 0.3) is 0 Å². The minimum atomic E-state index is 0.561. The molecule has 1 aromatic heterocycles. The first-order valence-electron chi connectivity index (χ1n) is 8.14. The Balaban J connectivity index is 1.62. The van der Waals surface area contributed by atoms with Gasteiger partial charge in [0.05, 0.1) is 6.26 Å². The molecule has 0 amide bonds. The molecule has 0 bridgehead atoms. The summed E-state index contributed by atoms with van der Waals surface area (Å²) >= 11 is 0. The summed E-state index contributed by atoms with van der Waals surface area (Å²) in [6.07, 6.45) is 9.07. The Bertz CT molecular complexity index is 546. The third-order valence-electron chi connectivity index (χ3n) is 4.79. The third-order valence-corrected chi connectivity index (χ3v) is 4.79. The highest BCUT2D eigenvalue weighted by Gasteiger charge is 2.22. The quantitative estimate of drug-likeness (QED) is 0.854. The Hall–Kier alpha value is -1.54.